The molecule has 0 bridgehead atoms. The zero-order valence-corrected chi connectivity index (χ0v) is 10.1. The molecule has 1 aromatic rings. The minimum atomic E-state index is 0.812. The second-order valence-corrected chi connectivity index (χ2v) is 4.33. The summed E-state index contributed by atoms with van der Waals surface area (Å²) in [5.74, 6) is 1.78. The Morgan fingerprint density at radius 2 is 2.18 bits per heavy atom. The Balaban J connectivity index is 2.03. The normalized spacial score (nSPS) is 18.7. The van der Waals surface area contributed by atoms with Gasteiger partial charge in [0.25, 0.3) is 0 Å². The highest BCUT2D eigenvalue weighted by molar-refractivity contribution is 5.52. The van der Waals surface area contributed by atoms with E-state index in [0.29, 0.717) is 0 Å². The van der Waals surface area contributed by atoms with Gasteiger partial charge in [0.05, 0.1) is 5.69 Å². The molecule has 0 saturated heterocycles. The third-order valence-electron chi connectivity index (χ3n) is 2.96. The van der Waals surface area contributed by atoms with Crippen molar-refractivity contribution in [1.29, 1.82) is 0 Å². The summed E-state index contributed by atoms with van der Waals surface area (Å²) < 4.78 is 0. The van der Waals surface area contributed by atoms with Crippen LogP contribution in [0.15, 0.2) is 12.4 Å². The molecule has 0 atom stereocenters. The van der Waals surface area contributed by atoms with E-state index in [4.69, 9.17) is 0 Å². The van der Waals surface area contributed by atoms with E-state index >= 15 is 0 Å². The van der Waals surface area contributed by atoms with Crippen LogP contribution in [-0.4, -0.2) is 28.6 Å². The highest BCUT2D eigenvalue weighted by atomic mass is 15.8. The summed E-state index contributed by atoms with van der Waals surface area (Å²) in [6, 6.07) is 0. The van der Waals surface area contributed by atoms with Crippen LogP contribution in [0.1, 0.15) is 17.1 Å². The van der Waals surface area contributed by atoms with Crippen molar-refractivity contribution in [3.63, 3.8) is 0 Å². The van der Waals surface area contributed by atoms with Crippen LogP contribution in [0.2, 0.25) is 0 Å². The highest BCUT2D eigenvalue weighted by Gasteiger charge is 2.21. The number of hydrogen-bond acceptors (Lipinski definition) is 6. The van der Waals surface area contributed by atoms with Gasteiger partial charge in [0, 0.05) is 31.6 Å². The number of nitrogens with one attached hydrogen (secondary N) is 2. The van der Waals surface area contributed by atoms with E-state index in [1.165, 1.54) is 5.56 Å². The van der Waals surface area contributed by atoms with Gasteiger partial charge < -0.3 is 5.32 Å². The first kappa shape index (κ1) is 10.5. The van der Waals surface area contributed by atoms with Crippen LogP contribution < -0.4 is 15.9 Å². The van der Waals surface area contributed by atoms with Crippen molar-refractivity contribution in [2.45, 2.75) is 19.9 Å². The predicted molar refractivity (Wildman–Crippen MR) is 64.7 cm³/mol. The van der Waals surface area contributed by atoms with Crippen molar-refractivity contribution < 1.29 is 0 Å². The fourth-order valence-electron chi connectivity index (χ4n) is 2.18. The minimum absolute atomic E-state index is 0.812. The maximum atomic E-state index is 4.55. The fraction of sp³-hybridized carbons (Fsp3) is 0.455. The number of fused-ring (bicyclic) bond motifs is 1. The number of aromatic nitrogens is 2. The molecule has 0 saturated carbocycles. The predicted octanol–water partition coefficient (Wildman–Crippen LogP) is 0.0733. The smallest absolute Gasteiger partial charge is 0.155 e. The van der Waals surface area contributed by atoms with Crippen LogP contribution in [0.3, 0.4) is 0 Å². The standard InChI is InChI=1S/C11H16N6/c1-8-13-10-7-12-4-3-9(10)11(14-8)17-6-5-16(2)15-17/h5-6,12,15H,3-4,7H2,1-2H3. The first-order valence-corrected chi connectivity index (χ1v) is 5.78. The molecule has 3 rings (SSSR count). The lowest BCUT2D eigenvalue weighted by molar-refractivity contribution is 0.356. The number of hydrogen-bond donors (Lipinski definition) is 2. The van der Waals surface area contributed by atoms with Crippen molar-refractivity contribution in [1.82, 2.24) is 25.8 Å². The SMILES string of the molecule is Cc1nc2c(c(N3C=CN(C)N3)n1)CCNC2. The lowest BCUT2D eigenvalue weighted by Gasteiger charge is -2.25. The quantitative estimate of drug-likeness (QED) is 0.715. The monoisotopic (exact) mass is 232 g/mol. The maximum Gasteiger partial charge on any atom is 0.155 e. The van der Waals surface area contributed by atoms with Crippen molar-refractivity contribution in [3.8, 4) is 0 Å². The minimum Gasteiger partial charge on any atom is -0.311 e. The van der Waals surface area contributed by atoms with Crippen LogP contribution in [-0.2, 0) is 13.0 Å². The molecule has 0 aliphatic carbocycles. The molecule has 0 spiro atoms. The number of anilines is 1. The zero-order chi connectivity index (χ0) is 11.8. The van der Waals surface area contributed by atoms with Crippen molar-refractivity contribution in [2.24, 2.45) is 0 Å². The molecular weight excluding hydrogens is 216 g/mol. The molecule has 6 heteroatoms. The van der Waals surface area contributed by atoms with Gasteiger partial charge in [-0.1, -0.05) is 0 Å². The number of aryl methyl sites for hydroxylation is 1. The first-order valence-electron chi connectivity index (χ1n) is 5.78. The molecule has 0 unspecified atom stereocenters. The molecule has 0 radical (unpaired) electrons. The average molecular weight is 232 g/mol. The Kier molecular flexibility index (Phi) is 2.45. The van der Waals surface area contributed by atoms with E-state index < -0.39 is 0 Å². The van der Waals surface area contributed by atoms with Gasteiger partial charge >= 0.3 is 0 Å². The molecule has 0 aromatic carbocycles. The van der Waals surface area contributed by atoms with Gasteiger partial charge in [0.15, 0.2) is 5.82 Å². The van der Waals surface area contributed by atoms with E-state index in [-0.39, 0.29) is 0 Å². The number of hydrazine groups is 2. The van der Waals surface area contributed by atoms with Gasteiger partial charge in [0.2, 0.25) is 0 Å². The number of nitrogens with zero attached hydrogens (tertiary/aromatic N) is 4. The lowest BCUT2D eigenvalue weighted by atomic mass is 10.1. The summed E-state index contributed by atoms with van der Waals surface area (Å²) in [6.45, 7) is 3.75. The van der Waals surface area contributed by atoms with Gasteiger partial charge in [-0.2, -0.15) is 0 Å². The van der Waals surface area contributed by atoms with Gasteiger partial charge in [-0.3, -0.25) is 5.01 Å². The Hall–Kier alpha value is -1.66. The first-order chi connectivity index (χ1) is 8.24. The second kappa shape index (κ2) is 3.97. The van der Waals surface area contributed by atoms with E-state index in [2.05, 4.69) is 20.8 Å². The largest absolute Gasteiger partial charge is 0.311 e. The van der Waals surface area contributed by atoms with Crippen molar-refractivity contribution in [2.75, 3.05) is 18.6 Å². The summed E-state index contributed by atoms with van der Waals surface area (Å²) >= 11 is 0. The summed E-state index contributed by atoms with van der Waals surface area (Å²) in [5, 5.41) is 7.17. The lowest BCUT2D eigenvalue weighted by Crippen LogP contribution is -2.39. The molecule has 0 amide bonds. The summed E-state index contributed by atoms with van der Waals surface area (Å²) in [7, 11) is 1.96. The molecule has 17 heavy (non-hydrogen) atoms. The topological polar surface area (TPSA) is 56.3 Å². The Labute approximate surface area is 100 Å². The second-order valence-electron chi connectivity index (χ2n) is 4.33. The highest BCUT2D eigenvalue weighted by Crippen LogP contribution is 2.24. The molecule has 6 nitrogen and oxygen atoms in total. The van der Waals surface area contributed by atoms with Crippen molar-refractivity contribution >= 4 is 5.82 Å². The van der Waals surface area contributed by atoms with Crippen LogP contribution in [0.4, 0.5) is 5.82 Å². The van der Waals surface area contributed by atoms with Gasteiger partial charge in [-0.05, 0) is 19.9 Å². The maximum absolute atomic E-state index is 4.55. The van der Waals surface area contributed by atoms with E-state index in [0.717, 1.165) is 36.8 Å². The molecular formula is C11H16N6. The van der Waals surface area contributed by atoms with E-state index in [1.54, 1.807) is 0 Å². The van der Waals surface area contributed by atoms with Crippen molar-refractivity contribution in [3.05, 3.63) is 29.5 Å². The van der Waals surface area contributed by atoms with Crippen LogP contribution >= 0.6 is 0 Å². The molecule has 2 N–H and O–H groups in total. The average Bonchev–Trinajstić information content (AvgIpc) is 2.74. The van der Waals surface area contributed by atoms with E-state index in [1.807, 2.05) is 36.4 Å². The molecule has 2 aliphatic heterocycles. The van der Waals surface area contributed by atoms with Gasteiger partial charge in [0.1, 0.15) is 5.82 Å². The fourth-order valence-corrected chi connectivity index (χ4v) is 2.18. The molecule has 1 aromatic heterocycles. The van der Waals surface area contributed by atoms with Crippen LogP contribution in [0.5, 0.6) is 0 Å². The third kappa shape index (κ3) is 1.85. The summed E-state index contributed by atoms with van der Waals surface area (Å²) in [4.78, 5) is 9.05. The summed E-state index contributed by atoms with van der Waals surface area (Å²) in [5.41, 5.74) is 5.54. The molecule has 0 fully saturated rings. The molecule has 3 heterocycles. The molecule has 90 valence electrons. The Morgan fingerprint density at radius 3 is 2.94 bits per heavy atom. The van der Waals surface area contributed by atoms with Gasteiger partial charge in [-0.25, -0.2) is 15.0 Å². The van der Waals surface area contributed by atoms with Crippen LogP contribution in [0.25, 0.3) is 0 Å². The van der Waals surface area contributed by atoms with E-state index in [9.17, 15) is 0 Å². The Morgan fingerprint density at radius 1 is 1.29 bits per heavy atom. The Bertz CT molecular complexity index is 469. The molecule has 2 aliphatic rings. The number of rotatable bonds is 1. The third-order valence-corrected chi connectivity index (χ3v) is 2.96. The van der Waals surface area contributed by atoms with Gasteiger partial charge in [-0.15, -0.1) is 5.53 Å². The van der Waals surface area contributed by atoms with Crippen LogP contribution in [0, 0.1) is 6.92 Å². The zero-order valence-electron chi connectivity index (χ0n) is 10.1. The summed E-state index contributed by atoms with van der Waals surface area (Å²) in [6.07, 6.45) is 4.91.